The van der Waals surface area contributed by atoms with Crippen LogP contribution in [0.25, 0.3) is 0 Å². The van der Waals surface area contributed by atoms with Crippen LogP contribution in [0, 0.1) is 12.8 Å². The topological polar surface area (TPSA) is 45.2 Å². The van der Waals surface area contributed by atoms with Crippen LogP contribution in [0.5, 0.6) is 0 Å². The van der Waals surface area contributed by atoms with Crippen molar-refractivity contribution in [3.05, 3.63) is 65.5 Å². The van der Waals surface area contributed by atoms with Gasteiger partial charge in [0.25, 0.3) is 0 Å². The number of hydrogen-bond acceptors (Lipinski definition) is 2. The Hall–Kier alpha value is -2.36. The van der Waals surface area contributed by atoms with Gasteiger partial charge in [0.2, 0.25) is 0 Å². The zero-order chi connectivity index (χ0) is 16.1. The Kier molecular flexibility index (Phi) is 4.91. The number of likely N-dealkylation sites (tertiary alicyclic amines) is 1. The lowest BCUT2D eigenvalue weighted by Crippen LogP contribution is -2.38. The van der Waals surface area contributed by atoms with Crippen LogP contribution in [-0.2, 0) is 13.0 Å². The number of aromatic nitrogens is 1. The second kappa shape index (κ2) is 7.27. The van der Waals surface area contributed by atoms with Crippen molar-refractivity contribution < 1.29 is 4.79 Å². The predicted octanol–water partition coefficient (Wildman–Crippen LogP) is 3.16. The summed E-state index contributed by atoms with van der Waals surface area (Å²) in [5.41, 5.74) is 3.49. The van der Waals surface area contributed by atoms with Gasteiger partial charge in [-0.15, -0.1) is 0 Å². The van der Waals surface area contributed by atoms with Crippen LogP contribution in [0.1, 0.15) is 23.2 Å². The molecule has 1 atom stereocenters. The van der Waals surface area contributed by atoms with Crippen molar-refractivity contribution in [3.63, 3.8) is 0 Å². The van der Waals surface area contributed by atoms with Gasteiger partial charge in [-0.1, -0.05) is 30.3 Å². The lowest BCUT2D eigenvalue weighted by Gasteiger charge is -2.18. The van der Waals surface area contributed by atoms with E-state index in [1.165, 1.54) is 11.1 Å². The lowest BCUT2D eigenvalue weighted by molar-refractivity contribution is 0.206. The van der Waals surface area contributed by atoms with E-state index >= 15 is 0 Å². The quantitative estimate of drug-likeness (QED) is 0.943. The van der Waals surface area contributed by atoms with Crippen LogP contribution in [0.3, 0.4) is 0 Å². The number of urea groups is 1. The number of amides is 2. The highest BCUT2D eigenvalue weighted by Gasteiger charge is 2.26. The minimum atomic E-state index is 0.0387. The normalized spacial score (nSPS) is 17.3. The predicted molar refractivity (Wildman–Crippen MR) is 91.0 cm³/mol. The van der Waals surface area contributed by atoms with Crippen LogP contribution in [-0.4, -0.2) is 29.0 Å². The molecule has 4 nitrogen and oxygen atoms in total. The molecule has 1 fully saturated rings. The second-order valence-electron chi connectivity index (χ2n) is 6.21. The van der Waals surface area contributed by atoms with Gasteiger partial charge in [-0.2, -0.15) is 0 Å². The summed E-state index contributed by atoms with van der Waals surface area (Å²) in [6, 6.07) is 14.2. The second-order valence-corrected chi connectivity index (χ2v) is 6.21. The standard InChI is InChI=1S/C19H23N3O/c1-15-6-2-3-7-17(15)13-21-19(23)22-11-9-16(14-22)12-18-8-4-5-10-20-18/h2-8,10,16H,9,11-14H2,1H3,(H,21,23). The summed E-state index contributed by atoms with van der Waals surface area (Å²) < 4.78 is 0. The molecule has 23 heavy (non-hydrogen) atoms. The molecule has 2 aromatic rings. The monoisotopic (exact) mass is 309 g/mol. The highest BCUT2D eigenvalue weighted by Crippen LogP contribution is 2.20. The van der Waals surface area contributed by atoms with E-state index in [-0.39, 0.29) is 6.03 Å². The molecule has 1 aliphatic heterocycles. The Morgan fingerprint density at radius 2 is 2.09 bits per heavy atom. The summed E-state index contributed by atoms with van der Waals surface area (Å²) in [5.74, 6) is 0.508. The molecule has 1 saturated heterocycles. The number of carbonyl (C=O) groups excluding carboxylic acids is 1. The minimum absolute atomic E-state index is 0.0387. The Morgan fingerprint density at radius 3 is 2.87 bits per heavy atom. The fraction of sp³-hybridized carbons (Fsp3) is 0.368. The maximum atomic E-state index is 12.3. The summed E-state index contributed by atoms with van der Waals surface area (Å²) in [7, 11) is 0. The molecule has 2 heterocycles. The molecule has 1 aromatic heterocycles. The van der Waals surface area contributed by atoms with Gasteiger partial charge in [-0.25, -0.2) is 4.79 Å². The third-order valence-corrected chi connectivity index (χ3v) is 4.49. The van der Waals surface area contributed by atoms with Crippen molar-refractivity contribution in [2.75, 3.05) is 13.1 Å². The van der Waals surface area contributed by atoms with Gasteiger partial charge in [0.15, 0.2) is 0 Å². The number of nitrogens with one attached hydrogen (secondary N) is 1. The summed E-state index contributed by atoms with van der Waals surface area (Å²) in [5, 5.41) is 3.04. The van der Waals surface area contributed by atoms with Gasteiger partial charge < -0.3 is 10.2 Å². The zero-order valence-corrected chi connectivity index (χ0v) is 13.5. The average molecular weight is 309 g/mol. The fourth-order valence-corrected chi connectivity index (χ4v) is 3.09. The van der Waals surface area contributed by atoms with E-state index in [0.717, 1.165) is 31.6 Å². The minimum Gasteiger partial charge on any atom is -0.334 e. The molecule has 0 spiro atoms. The third-order valence-electron chi connectivity index (χ3n) is 4.49. The molecule has 0 saturated carbocycles. The van der Waals surface area contributed by atoms with E-state index in [2.05, 4.69) is 35.4 Å². The van der Waals surface area contributed by atoms with Gasteiger partial charge in [-0.3, -0.25) is 4.98 Å². The first-order valence-corrected chi connectivity index (χ1v) is 8.19. The first kappa shape index (κ1) is 15.5. The largest absolute Gasteiger partial charge is 0.334 e. The van der Waals surface area contributed by atoms with Crippen molar-refractivity contribution in [2.45, 2.75) is 26.3 Å². The summed E-state index contributed by atoms with van der Waals surface area (Å²) in [4.78, 5) is 18.6. The van der Waals surface area contributed by atoms with Crippen LogP contribution < -0.4 is 5.32 Å². The zero-order valence-electron chi connectivity index (χ0n) is 13.5. The smallest absolute Gasteiger partial charge is 0.317 e. The fourth-order valence-electron chi connectivity index (χ4n) is 3.09. The summed E-state index contributed by atoms with van der Waals surface area (Å²) in [6.45, 7) is 4.31. The van der Waals surface area contributed by atoms with Gasteiger partial charge in [0.05, 0.1) is 0 Å². The Labute approximate surface area is 137 Å². The number of aryl methyl sites for hydroxylation is 1. The molecule has 0 bridgehead atoms. The molecule has 0 radical (unpaired) electrons. The number of carbonyl (C=O) groups is 1. The number of pyridine rings is 1. The Morgan fingerprint density at radius 1 is 1.26 bits per heavy atom. The van der Waals surface area contributed by atoms with Gasteiger partial charge in [0, 0.05) is 31.5 Å². The molecule has 0 aliphatic carbocycles. The van der Waals surface area contributed by atoms with Crippen molar-refractivity contribution in [3.8, 4) is 0 Å². The Balaban J connectivity index is 1.49. The van der Waals surface area contributed by atoms with E-state index in [1.807, 2.05) is 35.4 Å². The van der Waals surface area contributed by atoms with Crippen LogP contribution in [0.15, 0.2) is 48.7 Å². The van der Waals surface area contributed by atoms with Crippen molar-refractivity contribution in [1.29, 1.82) is 0 Å². The van der Waals surface area contributed by atoms with Crippen LogP contribution in [0.4, 0.5) is 4.79 Å². The van der Waals surface area contributed by atoms with E-state index in [0.29, 0.717) is 12.5 Å². The maximum Gasteiger partial charge on any atom is 0.317 e. The molecule has 3 rings (SSSR count). The highest BCUT2D eigenvalue weighted by atomic mass is 16.2. The lowest BCUT2D eigenvalue weighted by atomic mass is 10.0. The van der Waals surface area contributed by atoms with Crippen molar-refractivity contribution >= 4 is 6.03 Å². The molecule has 1 aliphatic rings. The van der Waals surface area contributed by atoms with Crippen molar-refractivity contribution in [2.24, 2.45) is 5.92 Å². The van der Waals surface area contributed by atoms with Crippen LogP contribution in [0.2, 0.25) is 0 Å². The average Bonchev–Trinajstić information content (AvgIpc) is 3.03. The summed E-state index contributed by atoms with van der Waals surface area (Å²) in [6.07, 6.45) is 3.83. The molecule has 1 unspecified atom stereocenters. The SMILES string of the molecule is Cc1ccccc1CNC(=O)N1CCC(Cc2ccccn2)C1. The van der Waals surface area contributed by atoms with E-state index < -0.39 is 0 Å². The van der Waals surface area contributed by atoms with Crippen molar-refractivity contribution in [1.82, 2.24) is 15.2 Å². The first-order chi connectivity index (χ1) is 11.2. The number of benzene rings is 1. The maximum absolute atomic E-state index is 12.3. The molecule has 1 aromatic carbocycles. The molecular formula is C19H23N3O. The van der Waals surface area contributed by atoms with E-state index in [1.54, 1.807) is 0 Å². The first-order valence-electron chi connectivity index (χ1n) is 8.19. The van der Waals surface area contributed by atoms with Gasteiger partial charge in [-0.05, 0) is 48.9 Å². The van der Waals surface area contributed by atoms with E-state index in [9.17, 15) is 4.79 Å². The van der Waals surface area contributed by atoms with Gasteiger partial charge >= 0.3 is 6.03 Å². The van der Waals surface area contributed by atoms with E-state index in [4.69, 9.17) is 0 Å². The molecule has 4 heteroatoms. The summed E-state index contributed by atoms with van der Waals surface area (Å²) >= 11 is 0. The molecule has 2 amide bonds. The molecular weight excluding hydrogens is 286 g/mol. The highest BCUT2D eigenvalue weighted by molar-refractivity contribution is 5.74. The number of hydrogen-bond donors (Lipinski definition) is 1. The van der Waals surface area contributed by atoms with Crippen LogP contribution >= 0.6 is 0 Å². The third kappa shape index (κ3) is 4.09. The Bertz CT molecular complexity index is 657. The number of nitrogens with zero attached hydrogens (tertiary/aromatic N) is 2. The molecule has 120 valence electrons. The molecule has 1 N–H and O–H groups in total. The van der Waals surface area contributed by atoms with Gasteiger partial charge in [0.1, 0.15) is 0 Å². The number of rotatable bonds is 4.